The van der Waals surface area contributed by atoms with Gasteiger partial charge >= 0.3 is 0 Å². The van der Waals surface area contributed by atoms with Crippen LogP contribution in [0.15, 0.2) is 48.8 Å². The number of nitrogens with two attached hydrogens (primary N) is 1. The van der Waals surface area contributed by atoms with Crippen molar-refractivity contribution >= 4 is 28.3 Å². The van der Waals surface area contributed by atoms with Crippen LogP contribution in [0.4, 0.5) is 4.39 Å². The number of benzene rings is 2. The molecule has 0 saturated heterocycles. The lowest BCUT2D eigenvalue weighted by Gasteiger charge is -2.08. The molecule has 0 aliphatic rings. The fraction of sp³-hybridized carbons (Fsp3) is 0. The first kappa shape index (κ1) is 13.5. The quantitative estimate of drug-likeness (QED) is 0.782. The Hall–Kier alpha value is -2.46. The molecule has 104 valence electrons. The van der Waals surface area contributed by atoms with Gasteiger partial charge in [0.05, 0.1) is 0 Å². The predicted molar refractivity (Wildman–Crippen MR) is 80.7 cm³/mol. The second-order valence-corrected chi connectivity index (χ2v) is 5.05. The van der Waals surface area contributed by atoms with Gasteiger partial charge in [-0.25, -0.2) is 4.39 Å². The van der Waals surface area contributed by atoms with Gasteiger partial charge in [0, 0.05) is 39.5 Å². The zero-order chi connectivity index (χ0) is 15.0. The maximum atomic E-state index is 14.1. The highest BCUT2D eigenvalue weighted by Crippen LogP contribution is 2.31. The number of halogens is 2. The van der Waals surface area contributed by atoms with Crippen LogP contribution in [-0.2, 0) is 0 Å². The normalized spacial score (nSPS) is 10.8. The van der Waals surface area contributed by atoms with Crippen LogP contribution in [0.3, 0.4) is 0 Å². The Morgan fingerprint density at radius 3 is 2.62 bits per heavy atom. The molecule has 0 atom stereocenters. The number of carbonyl (C=O) groups is 1. The number of hydrogen-bond donors (Lipinski definition) is 1. The van der Waals surface area contributed by atoms with Gasteiger partial charge in [0.25, 0.3) is 0 Å². The third-order valence-corrected chi connectivity index (χ3v) is 3.50. The van der Waals surface area contributed by atoms with Gasteiger partial charge in [0.1, 0.15) is 5.82 Å². The van der Waals surface area contributed by atoms with E-state index < -0.39 is 11.7 Å². The van der Waals surface area contributed by atoms with Crippen LogP contribution < -0.4 is 5.73 Å². The van der Waals surface area contributed by atoms with Gasteiger partial charge in [-0.1, -0.05) is 17.7 Å². The highest BCUT2D eigenvalue weighted by Gasteiger charge is 2.11. The van der Waals surface area contributed by atoms with E-state index in [-0.39, 0.29) is 0 Å². The Bertz CT molecular complexity index is 864. The Balaban J connectivity index is 2.31. The molecule has 0 bridgehead atoms. The molecule has 0 saturated carbocycles. The fourth-order valence-corrected chi connectivity index (χ4v) is 2.40. The van der Waals surface area contributed by atoms with E-state index in [0.717, 1.165) is 5.39 Å². The first-order valence-electron chi connectivity index (χ1n) is 6.19. The third-order valence-electron chi connectivity index (χ3n) is 3.27. The molecule has 1 heterocycles. The fourth-order valence-electron chi connectivity index (χ4n) is 2.24. The summed E-state index contributed by atoms with van der Waals surface area (Å²) in [5.41, 5.74) is 6.62. The van der Waals surface area contributed by atoms with Crippen molar-refractivity contribution in [1.82, 2.24) is 4.98 Å². The van der Waals surface area contributed by atoms with Gasteiger partial charge in [-0.2, -0.15) is 0 Å². The highest BCUT2D eigenvalue weighted by atomic mass is 35.5. The zero-order valence-electron chi connectivity index (χ0n) is 10.8. The average molecular weight is 301 g/mol. The van der Waals surface area contributed by atoms with Crippen LogP contribution in [0.1, 0.15) is 10.4 Å². The largest absolute Gasteiger partial charge is 0.366 e. The smallest absolute Gasteiger partial charge is 0.248 e. The summed E-state index contributed by atoms with van der Waals surface area (Å²) in [5, 5.41) is 1.83. The van der Waals surface area contributed by atoms with Crippen LogP contribution in [0.25, 0.3) is 21.9 Å². The minimum Gasteiger partial charge on any atom is -0.366 e. The topological polar surface area (TPSA) is 56.0 Å². The van der Waals surface area contributed by atoms with Crippen molar-refractivity contribution in [2.45, 2.75) is 0 Å². The molecule has 3 nitrogen and oxygen atoms in total. The molecule has 2 aromatic carbocycles. The molecule has 3 aromatic rings. The summed E-state index contributed by atoms with van der Waals surface area (Å²) >= 11 is 5.77. The predicted octanol–water partition coefficient (Wildman–Crippen LogP) is 3.79. The molecule has 0 aliphatic heterocycles. The zero-order valence-corrected chi connectivity index (χ0v) is 11.6. The summed E-state index contributed by atoms with van der Waals surface area (Å²) in [4.78, 5) is 15.4. The second-order valence-electron chi connectivity index (χ2n) is 4.61. The lowest BCUT2D eigenvalue weighted by molar-refractivity contribution is 0.100. The molecule has 0 unspecified atom stereocenters. The Kier molecular flexibility index (Phi) is 3.31. The van der Waals surface area contributed by atoms with Crippen LogP contribution in [0, 0.1) is 5.82 Å². The van der Waals surface area contributed by atoms with Gasteiger partial charge in [-0.05, 0) is 35.7 Å². The second kappa shape index (κ2) is 5.14. The summed E-state index contributed by atoms with van der Waals surface area (Å²) in [5.74, 6) is -0.975. The van der Waals surface area contributed by atoms with Crippen molar-refractivity contribution in [3.8, 4) is 11.1 Å². The standard InChI is InChI=1S/C16H10ClFN2O/c17-11-3-4-12(15(18)6-11)14-8-20-7-10-2-1-9(16(19)21)5-13(10)14/h1-8H,(H2,19,21). The number of aromatic nitrogens is 1. The molecule has 1 aromatic heterocycles. The first-order chi connectivity index (χ1) is 10.1. The number of pyridine rings is 1. The van der Waals surface area contributed by atoms with Crippen molar-refractivity contribution in [3.05, 3.63) is 65.2 Å². The number of nitrogens with zero attached hydrogens (tertiary/aromatic N) is 1. The van der Waals surface area contributed by atoms with Crippen LogP contribution in [-0.4, -0.2) is 10.9 Å². The Morgan fingerprint density at radius 2 is 1.90 bits per heavy atom. The SMILES string of the molecule is NC(=O)c1ccc2cncc(-c3ccc(Cl)cc3F)c2c1. The van der Waals surface area contributed by atoms with Crippen LogP contribution in [0.5, 0.6) is 0 Å². The minimum atomic E-state index is -0.531. The Labute approximate surface area is 125 Å². The van der Waals surface area contributed by atoms with Crippen molar-refractivity contribution in [2.24, 2.45) is 5.73 Å². The van der Waals surface area contributed by atoms with E-state index in [9.17, 15) is 9.18 Å². The van der Waals surface area contributed by atoms with Gasteiger partial charge in [-0.3, -0.25) is 9.78 Å². The van der Waals surface area contributed by atoms with E-state index in [1.807, 2.05) is 0 Å². The lowest BCUT2D eigenvalue weighted by atomic mass is 9.99. The van der Waals surface area contributed by atoms with Gasteiger partial charge in [0.15, 0.2) is 0 Å². The molecule has 0 aliphatic carbocycles. The van der Waals surface area contributed by atoms with Crippen LogP contribution in [0.2, 0.25) is 5.02 Å². The molecule has 0 fully saturated rings. The number of carbonyl (C=O) groups excluding carboxylic acids is 1. The molecular formula is C16H10ClFN2O. The number of hydrogen-bond acceptors (Lipinski definition) is 2. The maximum Gasteiger partial charge on any atom is 0.248 e. The van der Waals surface area contributed by atoms with E-state index >= 15 is 0 Å². The summed E-state index contributed by atoms with van der Waals surface area (Å²) < 4.78 is 14.1. The first-order valence-corrected chi connectivity index (χ1v) is 6.57. The Morgan fingerprint density at radius 1 is 1.10 bits per heavy atom. The molecule has 0 spiro atoms. The van der Waals surface area contributed by atoms with Crippen LogP contribution >= 0.6 is 11.6 Å². The van der Waals surface area contributed by atoms with Crippen molar-refractivity contribution in [2.75, 3.05) is 0 Å². The minimum absolute atomic E-state index is 0.322. The van der Waals surface area contributed by atoms with Gasteiger partial charge in [0.2, 0.25) is 5.91 Å². The number of fused-ring (bicyclic) bond motifs is 1. The van der Waals surface area contributed by atoms with E-state index in [0.29, 0.717) is 27.1 Å². The number of rotatable bonds is 2. The average Bonchev–Trinajstić information content (AvgIpc) is 2.46. The van der Waals surface area contributed by atoms with E-state index in [1.54, 1.807) is 42.7 Å². The summed E-state index contributed by atoms with van der Waals surface area (Å²) in [6, 6.07) is 9.44. The third kappa shape index (κ3) is 2.45. The molecule has 5 heteroatoms. The molecule has 0 radical (unpaired) electrons. The van der Waals surface area contributed by atoms with E-state index in [2.05, 4.69) is 4.98 Å². The number of primary amides is 1. The molecule has 1 amide bonds. The van der Waals surface area contributed by atoms with E-state index in [4.69, 9.17) is 17.3 Å². The van der Waals surface area contributed by atoms with Crippen molar-refractivity contribution in [3.63, 3.8) is 0 Å². The van der Waals surface area contributed by atoms with Gasteiger partial charge in [-0.15, -0.1) is 0 Å². The summed E-state index contributed by atoms with van der Waals surface area (Å²) in [6.07, 6.45) is 3.21. The maximum absolute atomic E-state index is 14.1. The summed E-state index contributed by atoms with van der Waals surface area (Å²) in [6.45, 7) is 0. The number of amides is 1. The lowest BCUT2D eigenvalue weighted by Crippen LogP contribution is -2.10. The highest BCUT2D eigenvalue weighted by molar-refractivity contribution is 6.30. The van der Waals surface area contributed by atoms with E-state index in [1.165, 1.54) is 6.07 Å². The molecular weight excluding hydrogens is 291 g/mol. The summed E-state index contributed by atoms with van der Waals surface area (Å²) in [7, 11) is 0. The van der Waals surface area contributed by atoms with Gasteiger partial charge < -0.3 is 5.73 Å². The van der Waals surface area contributed by atoms with Crippen molar-refractivity contribution in [1.29, 1.82) is 0 Å². The molecule has 2 N–H and O–H groups in total. The van der Waals surface area contributed by atoms with Crippen molar-refractivity contribution < 1.29 is 9.18 Å². The monoisotopic (exact) mass is 300 g/mol. The molecule has 21 heavy (non-hydrogen) atoms. The molecule has 3 rings (SSSR count).